The predicted octanol–water partition coefficient (Wildman–Crippen LogP) is 5.00. The Labute approximate surface area is 170 Å². The second kappa shape index (κ2) is 7.29. The average Bonchev–Trinajstić information content (AvgIpc) is 3.12. The molecular formula is C22H17F3N4O. The Balaban J connectivity index is 1.87. The number of alkyl halides is 3. The fourth-order valence-electron chi connectivity index (χ4n) is 3.24. The van der Waals surface area contributed by atoms with Gasteiger partial charge in [-0.15, -0.1) is 0 Å². The van der Waals surface area contributed by atoms with Crippen molar-refractivity contribution in [1.29, 1.82) is 0 Å². The van der Waals surface area contributed by atoms with Crippen molar-refractivity contribution in [3.63, 3.8) is 0 Å². The molecule has 1 amide bonds. The largest absolute Gasteiger partial charge is 0.417 e. The van der Waals surface area contributed by atoms with E-state index in [4.69, 9.17) is 0 Å². The number of anilines is 1. The van der Waals surface area contributed by atoms with Gasteiger partial charge in [0.15, 0.2) is 0 Å². The lowest BCUT2D eigenvalue weighted by atomic mass is 10.0. The summed E-state index contributed by atoms with van der Waals surface area (Å²) >= 11 is 0. The zero-order valence-electron chi connectivity index (χ0n) is 16.2. The monoisotopic (exact) mass is 410 g/mol. The normalized spacial score (nSPS) is 11.6. The van der Waals surface area contributed by atoms with E-state index in [1.54, 1.807) is 43.7 Å². The van der Waals surface area contributed by atoms with Gasteiger partial charge in [0.05, 0.1) is 16.8 Å². The van der Waals surface area contributed by atoms with Crippen LogP contribution in [0.15, 0.2) is 67.0 Å². The zero-order chi connectivity index (χ0) is 21.5. The lowest BCUT2D eigenvalue weighted by molar-refractivity contribution is -0.137. The van der Waals surface area contributed by atoms with E-state index < -0.39 is 17.6 Å². The van der Waals surface area contributed by atoms with Crippen molar-refractivity contribution < 1.29 is 18.0 Å². The number of amides is 1. The van der Waals surface area contributed by atoms with Crippen molar-refractivity contribution in [3.05, 3.63) is 83.9 Å². The third-order valence-electron chi connectivity index (χ3n) is 4.77. The van der Waals surface area contributed by atoms with Crippen LogP contribution in [0.5, 0.6) is 0 Å². The first-order valence-corrected chi connectivity index (χ1v) is 9.12. The Morgan fingerprint density at radius 1 is 1.03 bits per heavy atom. The molecule has 30 heavy (non-hydrogen) atoms. The van der Waals surface area contributed by atoms with Gasteiger partial charge in [0.25, 0.3) is 5.91 Å². The summed E-state index contributed by atoms with van der Waals surface area (Å²) in [7, 11) is 1.55. The van der Waals surface area contributed by atoms with E-state index in [1.165, 1.54) is 27.5 Å². The third kappa shape index (κ3) is 3.41. The standard InChI is InChI=1S/C22H17F3N4O/c1-14-10-11-18(26-13-14)28(2)21(30)20-27-19(17-9-5-6-12-29(17)20)15-7-3-4-8-16(15)22(23,24)25/h3-13H,1-2H3. The van der Waals surface area contributed by atoms with Crippen molar-refractivity contribution >= 4 is 17.2 Å². The van der Waals surface area contributed by atoms with E-state index in [-0.39, 0.29) is 17.1 Å². The van der Waals surface area contributed by atoms with E-state index in [9.17, 15) is 18.0 Å². The number of hydrogen-bond donors (Lipinski definition) is 0. The van der Waals surface area contributed by atoms with Crippen molar-refractivity contribution in [3.8, 4) is 11.3 Å². The molecular weight excluding hydrogens is 393 g/mol. The molecule has 8 heteroatoms. The topological polar surface area (TPSA) is 50.5 Å². The van der Waals surface area contributed by atoms with E-state index >= 15 is 0 Å². The number of nitrogens with zero attached hydrogens (tertiary/aromatic N) is 4. The highest BCUT2D eigenvalue weighted by Gasteiger charge is 2.35. The quantitative estimate of drug-likeness (QED) is 0.478. The number of benzene rings is 1. The molecule has 0 saturated carbocycles. The van der Waals surface area contributed by atoms with Gasteiger partial charge in [0.1, 0.15) is 5.82 Å². The molecule has 0 bridgehead atoms. The summed E-state index contributed by atoms with van der Waals surface area (Å²) < 4.78 is 42.2. The molecule has 0 atom stereocenters. The van der Waals surface area contributed by atoms with Crippen molar-refractivity contribution in [2.24, 2.45) is 0 Å². The number of hydrogen-bond acceptors (Lipinski definition) is 3. The molecule has 0 N–H and O–H groups in total. The number of aryl methyl sites for hydroxylation is 1. The van der Waals surface area contributed by atoms with Gasteiger partial charge in [0.2, 0.25) is 5.82 Å². The van der Waals surface area contributed by atoms with Gasteiger partial charge < -0.3 is 0 Å². The first kappa shape index (κ1) is 19.6. The molecule has 0 spiro atoms. The number of imidazole rings is 1. The molecule has 0 aliphatic carbocycles. The highest BCUT2D eigenvalue weighted by atomic mass is 19.4. The predicted molar refractivity (Wildman–Crippen MR) is 107 cm³/mol. The van der Waals surface area contributed by atoms with Crippen molar-refractivity contribution in [2.75, 3.05) is 11.9 Å². The molecule has 1 aromatic carbocycles. The maximum absolute atomic E-state index is 13.6. The molecule has 3 aromatic heterocycles. The summed E-state index contributed by atoms with van der Waals surface area (Å²) in [5.74, 6) is -0.0683. The van der Waals surface area contributed by atoms with Gasteiger partial charge in [-0.3, -0.25) is 14.1 Å². The Morgan fingerprint density at radius 2 is 1.77 bits per heavy atom. The van der Waals surface area contributed by atoms with E-state index in [1.807, 2.05) is 13.0 Å². The molecule has 0 fully saturated rings. The molecule has 0 aliphatic rings. The van der Waals surface area contributed by atoms with Crippen LogP contribution in [0.3, 0.4) is 0 Å². The molecule has 4 rings (SSSR count). The second-order valence-corrected chi connectivity index (χ2v) is 6.84. The van der Waals surface area contributed by atoms with Crippen LogP contribution in [-0.4, -0.2) is 27.3 Å². The zero-order valence-corrected chi connectivity index (χ0v) is 16.2. The lowest BCUT2D eigenvalue weighted by Gasteiger charge is -2.15. The van der Waals surface area contributed by atoms with Crippen LogP contribution in [0.1, 0.15) is 21.7 Å². The number of fused-ring (bicyclic) bond motifs is 1. The highest BCUT2D eigenvalue weighted by Crippen LogP contribution is 2.38. The molecule has 0 radical (unpaired) electrons. The van der Waals surface area contributed by atoms with Gasteiger partial charge in [-0.05, 0) is 36.8 Å². The van der Waals surface area contributed by atoms with Crippen LogP contribution < -0.4 is 4.90 Å². The maximum atomic E-state index is 13.6. The van der Waals surface area contributed by atoms with E-state index in [0.29, 0.717) is 11.3 Å². The number of carbonyl (C=O) groups is 1. The van der Waals surface area contributed by atoms with Crippen LogP contribution in [-0.2, 0) is 6.18 Å². The van der Waals surface area contributed by atoms with E-state index in [0.717, 1.165) is 11.6 Å². The fourth-order valence-corrected chi connectivity index (χ4v) is 3.24. The SMILES string of the molecule is Cc1ccc(N(C)C(=O)c2nc(-c3ccccc3C(F)(F)F)c3ccccn23)nc1. The summed E-state index contributed by atoms with van der Waals surface area (Å²) in [4.78, 5) is 23.0. The summed E-state index contributed by atoms with van der Waals surface area (Å²) in [5.41, 5.74) is 0.558. The minimum Gasteiger partial charge on any atom is -0.295 e. The molecule has 152 valence electrons. The summed E-state index contributed by atoms with van der Waals surface area (Å²) in [6, 6.07) is 13.7. The highest BCUT2D eigenvalue weighted by molar-refractivity contribution is 6.04. The molecule has 0 aliphatic heterocycles. The number of rotatable bonds is 3. The minimum atomic E-state index is -4.55. The summed E-state index contributed by atoms with van der Waals surface area (Å²) in [6.45, 7) is 1.88. The van der Waals surface area contributed by atoms with Crippen LogP contribution in [0.25, 0.3) is 16.8 Å². The lowest BCUT2D eigenvalue weighted by Crippen LogP contribution is -2.28. The summed E-state index contributed by atoms with van der Waals surface area (Å²) in [6.07, 6.45) is -1.31. The van der Waals surface area contributed by atoms with Gasteiger partial charge in [-0.2, -0.15) is 13.2 Å². The van der Waals surface area contributed by atoms with Crippen molar-refractivity contribution in [1.82, 2.24) is 14.4 Å². The number of halogens is 3. The Bertz CT molecular complexity index is 1230. The molecule has 0 saturated heterocycles. The first-order chi connectivity index (χ1) is 14.3. The van der Waals surface area contributed by atoms with Crippen LogP contribution in [0.4, 0.5) is 19.0 Å². The summed E-state index contributed by atoms with van der Waals surface area (Å²) in [5, 5.41) is 0. The van der Waals surface area contributed by atoms with Gasteiger partial charge in [0, 0.05) is 25.0 Å². The molecule has 3 heterocycles. The smallest absolute Gasteiger partial charge is 0.295 e. The Kier molecular flexibility index (Phi) is 4.77. The number of aromatic nitrogens is 3. The third-order valence-corrected chi connectivity index (χ3v) is 4.77. The molecule has 4 aromatic rings. The average molecular weight is 410 g/mol. The van der Waals surface area contributed by atoms with Crippen LogP contribution in [0.2, 0.25) is 0 Å². The molecule has 0 unspecified atom stereocenters. The van der Waals surface area contributed by atoms with Crippen LogP contribution >= 0.6 is 0 Å². The number of carbonyl (C=O) groups excluding carboxylic acids is 1. The minimum absolute atomic E-state index is 0.00227. The van der Waals surface area contributed by atoms with E-state index in [2.05, 4.69) is 9.97 Å². The Hall–Kier alpha value is -3.68. The van der Waals surface area contributed by atoms with Crippen molar-refractivity contribution in [2.45, 2.75) is 13.1 Å². The van der Waals surface area contributed by atoms with Crippen LogP contribution in [0, 0.1) is 6.92 Å². The fraction of sp³-hybridized carbons (Fsp3) is 0.136. The van der Waals surface area contributed by atoms with Gasteiger partial charge >= 0.3 is 6.18 Å². The van der Waals surface area contributed by atoms with Gasteiger partial charge in [-0.1, -0.05) is 30.3 Å². The Morgan fingerprint density at radius 3 is 2.47 bits per heavy atom. The number of pyridine rings is 2. The molecule has 5 nitrogen and oxygen atoms in total. The first-order valence-electron chi connectivity index (χ1n) is 9.12. The maximum Gasteiger partial charge on any atom is 0.417 e. The second-order valence-electron chi connectivity index (χ2n) is 6.84. The van der Waals surface area contributed by atoms with Gasteiger partial charge in [-0.25, -0.2) is 9.97 Å².